The Bertz CT molecular complexity index is 928. The molecule has 0 fully saturated rings. The van der Waals surface area contributed by atoms with E-state index >= 15 is 0 Å². The Morgan fingerprint density at radius 2 is 1.59 bits per heavy atom. The fourth-order valence-electron chi connectivity index (χ4n) is 2.43. The van der Waals surface area contributed by atoms with Crippen LogP contribution in [-0.2, 0) is 6.18 Å². The number of alkyl halides is 3. The van der Waals surface area contributed by atoms with E-state index in [1.54, 1.807) is 18.0 Å². The molecule has 0 saturated heterocycles. The van der Waals surface area contributed by atoms with Gasteiger partial charge in [-0.2, -0.15) is 13.2 Å². The second-order valence-corrected chi connectivity index (χ2v) is 5.67. The molecule has 2 aromatic carbocycles. The zero-order valence-electron chi connectivity index (χ0n) is 14.2. The van der Waals surface area contributed by atoms with Crippen molar-refractivity contribution in [1.29, 1.82) is 0 Å². The molecular formula is C19H15F3N4O. The Balaban J connectivity index is 1.77. The SMILES string of the molecule is CN(c1ccccc1)c1ccc(C(=O)Nc2ccccc2C(F)(F)F)nn1. The third-order valence-electron chi connectivity index (χ3n) is 3.85. The van der Waals surface area contributed by atoms with Gasteiger partial charge in [-0.25, -0.2) is 0 Å². The number of para-hydroxylation sites is 2. The fourth-order valence-corrected chi connectivity index (χ4v) is 2.43. The zero-order valence-corrected chi connectivity index (χ0v) is 14.2. The quantitative estimate of drug-likeness (QED) is 0.732. The molecule has 0 atom stereocenters. The summed E-state index contributed by atoms with van der Waals surface area (Å²) in [7, 11) is 1.79. The van der Waals surface area contributed by atoms with E-state index in [2.05, 4.69) is 15.5 Å². The Kier molecular flexibility index (Phi) is 5.07. The summed E-state index contributed by atoms with van der Waals surface area (Å²) >= 11 is 0. The summed E-state index contributed by atoms with van der Waals surface area (Å²) in [4.78, 5) is 14.0. The van der Waals surface area contributed by atoms with Crippen LogP contribution in [0.3, 0.4) is 0 Å². The van der Waals surface area contributed by atoms with Crippen LogP contribution in [0, 0.1) is 0 Å². The number of nitrogens with zero attached hydrogens (tertiary/aromatic N) is 3. The summed E-state index contributed by atoms with van der Waals surface area (Å²) in [5.41, 5.74) is -0.464. The first kappa shape index (κ1) is 18.4. The van der Waals surface area contributed by atoms with Crippen LogP contribution in [0.2, 0.25) is 0 Å². The topological polar surface area (TPSA) is 58.1 Å². The molecule has 1 heterocycles. The smallest absolute Gasteiger partial charge is 0.328 e. The van der Waals surface area contributed by atoms with E-state index < -0.39 is 17.6 Å². The fraction of sp³-hybridized carbons (Fsp3) is 0.105. The second-order valence-electron chi connectivity index (χ2n) is 5.67. The molecule has 0 radical (unpaired) electrons. The number of hydrogen-bond donors (Lipinski definition) is 1. The van der Waals surface area contributed by atoms with Crippen LogP contribution in [0.15, 0.2) is 66.7 Å². The van der Waals surface area contributed by atoms with Gasteiger partial charge < -0.3 is 10.2 Å². The summed E-state index contributed by atoms with van der Waals surface area (Å²) in [5, 5.41) is 10.0. The van der Waals surface area contributed by atoms with Crippen LogP contribution in [0.5, 0.6) is 0 Å². The van der Waals surface area contributed by atoms with Gasteiger partial charge in [-0.15, -0.1) is 10.2 Å². The van der Waals surface area contributed by atoms with Crippen LogP contribution >= 0.6 is 0 Å². The maximum Gasteiger partial charge on any atom is 0.418 e. The first-order valence-electron chi connectivity index (χ1n) is 7.96. The van der Waals surface area contributed by atoms with Gasteiger partial charge in [0.25, 0.3) is 5.91 Å². The number of hydrogen-bond acceptors (Lipinski definition) is 4. The highest BCUT2D eigenvalue weighted by Crippen LogP contribution is 2.34. The normalized spacial score (nSPS) is 11.1. The Morgan fingerprint density at radius 1 is 0.926 bits per heavy atom. The van der Waals surface area contributed by atoms with Crippen molar-refractivity contribution in [2.24, 2.45) is 0 Å². The van der Waals surface area contributed by atoms with Crippen LogP contribution < -0.4 is 10.2 Å². The maximum absolute atomic E-state index is 13.0. The Hall–Kier alpha value is -3.42. The van der Waals surface area contributed by atoms with E-state index in [1.165, 1.54) is 24.3 Å². The van der Waals surface area contributed by atoms with E-state index in [0.29, 0.717) is 5.82 Å². The first-order chi connectivity index (χ1) is 12.9. The summed E-state index contributed by atoms with van der Waals surface area (Å²) in [5.74, 6) is -0.276. The zero-order chi connectivity index (χ0) is 19.4. The third kappa shape index (κ3) is 4.22. The maximum atomic E-state index is 13.0. The van der Waals surface area contributed by atoms with Gasteiger partial charge in [0, 0.05) is 12.7 Å². The monoisotopic (exact) mass is 372 g/mol. The van der Waals surface area contributed by atoms with Crippen LogP contribution in [0.1, 0.15) is 16.1 Å². The number of aromatic nitrogens is 2. The molecule has 5 nitrogen and oxygen atoms in total. The van der Waals surface area contributed by atoms with E-state index in [4.69, 9.17) is 0 Å². The van der Waals surface area contributed by atoms with Gasteiger partial charge in [0.2, 0.25) is 0 Å². The average molecular weight is 372 g/mol. The van der Waals surface area contributed by atoms with Crippen molar-refractivity contribution in [3.63, 3.8) is 0 Å². The lowest BCUT2D eigenvalue weighted by Gasteiger charge is -2.17. The molecule has 27 heavy (non-hydrogen) atoms. The van der Waals surface area contributed by atoms with E-state index in [-0.39, 0.29) is 11.4 Å². The van der Waals surface area contributed by atoms with Crippen molar-refractivity contribution >= 4 is 23.1 Å². The molecule has 1 N–H and O–H groups in total. The molecule has 138 valence electrons. The molecule has 0 aliphatic rings. The number of halogens is 3. The number of benzene rings is 2. The molecule has 0 spiro atoms. The summed E-state index contributed by atoms with van der Waals surface area (Å²) in [6.45, 7) is 0. The van der Waals surface area contributed by atoms with Gasteiger partial charge in [0.15, 0.2) is 11.5 Å². The molecular weight excluding hydrogens is 357 g/mol. The molecule has 0 saturated carbocycles. The van der Waals surface area contributed by atoms with E-state index in [9.17, 15) is 18.0 Å². The predicted octanol–water partition coefficient (Wildman–Crippen LogP) is 4.52. The second kappa shape index (κ2) is 7.45. The lowest BCUT2D eigenvalue weighted by Crippen LogP contribution is -2.19. The molecule has 0 bridgehead atoms. The third-order valence-corrected chi connectivity index (χ3v) is 3.85. The van der Waals surface area contributed by atoms with Gasteiger partial charge >= 0.3 is 6.18 Å². The minimum atomic E-state index is -4.57. The summed E-state index contributed by atoms with van der Waals surface area (Å²) < 4.78 is 39.1. The van der Waals surface area contributed by atoms with Crippen molar-refractivity contribution in [3.8, 4) is 0 Å². The lowest BCUT2D eigenvalue weighted by molar-refractivity contribution is -0.136. The average Bonchev–Trinajstić information content (AvgIpc) is 2.68. The molecule has 0 unspecified atom stereocenters. The van der Waals surface area contributed by atoms with Gasteiger partial charge in [-0.3, -0.25) is 4.79 Å². The van der Waals surface area contributed by atoms with Gasteiger partial charge in [-0.1, -0.05) is 30.3 Å². The molecule has 3 rings (SSSR count). The predicted molar refractivity (Wildman–Crippen MR) is 95.9 cm³/mol. The molecule has 3 aromatic rings. The summed E-state index contributed by atoms with van der Waals surface area (Å²) in [6.07, 6.45) is -4.57. The van der Waals surface area contributed by atoms with Crippen molar-refractivity contribution < 1.29 is 18.0 Å². The number of amides is 1. The van der Waals surface area contributed by atoms with Crippen LogP contribution in [0.25, 0.3) is 0 Å². The highest BCUT2D eigenvalue weighted by atomic mass is 19.4. The van der Waals surface area contributed by atoms with Crippen molar-refractivity contribution in [2.75, 3.05) is 17.3 Å². The van der Waals surface area contributed by atoms with Crippen molar-refractivity contribution in [3.05, 3.63) is 78.0 Å². The number of nitrogens with one attached hydrogen (secondary N) is 1. The Labute approximate surface area is 153 Å². The molecule has 1 aromatic heterocycles. The van der Waals surface area contributed by atoms with Crippen LogP contribution in [0.4, 0.5) is 30.4 Å². The highest BCUT2D eigenvalue weighted by molar-refractivity contribution is 6.03. The molecule has 0 aliphatic carbocycles. The molecule has 8 heteroatoms. The van der Waals surface area contributed by atoms with E-state index in [0.717, 1.165) is 11.8 Å². The number of anilines is 3. The minimum absolute atomic E-state index is 0.0859. The van der Waals surface area contributed by atoms with Crippen LogP contribution in [-0.4, -0.2) is 23.2 Å². The minimum Gasteiger partial charge on any atom is -0.328 e. The first-order valence-corrected chi connectivity index (χ1v) is 7.96. The van der Waals surface area contributed by atoms with Gasteiger partial charge in [0.1, 0.15) is 0 Å². The standard InChI is InChI=1S/C19H15F3N4O/c1-26(13-7-3-2-4-8-13)17-12-11-16(24-25-17)18(27)23-15-10-6-5-9-14(15)19(20,21)22/h2-12H,1H3,(H,23,27). The molecule has 1 amide bonds. The highest BCUT2D eigenvalue weighted by Gasteiger charge is 2.33. The largest absolute Gasteiger partial charge is 0.418 e. The van der Waals surface area contributed by atoms with Crippen molar-refractivity contribution in [2.45, 2.75) is 6.18 Å². The summed E-state index contributed by atoms with van der Waals surface area (Å²) in [6, 6.07) is 17.1. The number of carbonyl (C=O) groups is 1. The van der Waals surface area contributed by atoms with Gasteiger partial charge in [-0.05, 0) is 36.4 Å². The number of rotatable bonds is 4. The van der Waals surface area contributed by atoms with E-state index in [1.807, 2.05) is 30.3 Å². The number of carbonyl (C=O) groups excluding carboxylic acids is 1. The van der Waals surface area contributed by atoms with Crippen molar-refractivity contribution in [1.82, 2.24) is 10.2 Å². The Morgan fingerprint density at radius 3 is 2.22 bits per heavy atom. The molecule has 0 aliphatic heterocycles. The van der Waals surface area contributed by atoms with Gasteiger partial charge in [0.05, 0.1) is 11.3 Å². The lowest BCUT2D eigenvalue weighted by atomic mass is 10.1.